The SMILES string of the molecule is c1ccc(CCCCCCCCc2ccccc2-c2ccc3ccccc3c2)cc1. The molecule has 0 spiro atoms. The van der Waals surface area contributed by atoms with E-state index in [1.807, 2.05) is 0 Å². The van der Waals surface area contributed by atoms with E-state index in [2.05, 4.69) is 97.1 Å². The third-order valence-corrected chi connectivity index (χ3v) is 6.08. The van der Waals surface area contributed by atoms with Crippen molar-refractivity contribution < 1.29 is 0 Å². The van der Waals surface area contributed by atoms with Crippen molar-refractivity contribution in [1.82, 2.24) is 0 Å². The first-order valence-corrected chi connectivity index (χ1v) is 11.5. The van der Waals surface area contributed by atoms with E-state index in [0.717, 1.165) is 0 Å². The molecule has 0 heteroatoms. The monoisotopic (exact) mass is 392 g/mol. The molecule has 0 nitrogen and oxygen atoms in total. The fourth-order valence-corrected chi connectivity index (χ4v) is 4.37. The minimum atomic E-state index is 1.17. The van der Waals surface area contributed by atoms with Gasteiger partial charge in [-0.05, 0) is 64.8 Å². The summed E-state index contributed by atoms with van der Waals surface area (Å²) in [7, 11) is 0. The van der Waals surface area contributed by atoms with Gasteiger partial charge in [-0.2, -0.15) is 0 Å². The van der Waals surface area contributed by atoms with Crippen LogP contribution in [0.5, 0.6) is 0 Å². The van der Waals surface area contributed by atoms with E-state index < -0.39 is 0 Å². The molecule has 0 aliphatic rings. The van der Waals surface area contributed by atoms with Crippen LogP contribution < -0.4 is 0 Å². The zero-order valence-electron chi connectivity index (χ0n) is 17.9. The van der Waals surface area contributed by atoms with E-state index in [1.165, 1.54) is 84.4 Å². The van der Waals surface area contributed by atoms with E-state index in [1.54, 1.807) is 0 Å². The molecular formula is C30H32. The van der Waals surface area contributed by atoms with Crippen molar-refractivity contribution in [1.29, 1.82) is 0 Å². The van der Waals surface area contributed by atoms with Gasteiger partial charge in [0.2, 0.25) is 0 Å². The van der Waals surface area contributed by atoms with Gasteiger partial charge in [0.25, 0.3) is 0 Å². The van der Waals surface area contributed by atoms with Gasteiger partial charge >= 0.3 is 0 Å². The molecule has 152 valence electrons. The standard InChI is InChI=1S/C30H32/c1(3-6-14-25-15-7-5-8-16-25)2-4-9-18-27-19-12-13-21-30(27)29-23-22-26-17-10-11-20-28(26)24-29/h5,7-8,10-13,15-17,19-24H,1-4,6,9,14,18H2. The van der Waals surface area contributed by atoms with Gasteiger partial charge in [-0.1, -0.05) is 117 Å². The number of hydrogen-bond acceptors (Lipinski definition) is 0. The normalized spacial score (nSPS) is 11.1. The molecule has 0 amide bonds. The number of hydrogen-bond donors (Lipinski definition) is 0. The Balaban J connectivity index is 1.24. The van der Waals surface area contributed by atoms with Gasteiger partial charge < -0.3 is 0 Å². The maximum Gasteiger partial charge on any atom is -0.0152 e. The van der Waals surface area contributed by atoms with Crippen molar-refractivity contribution in [3.05, 3.63) is 108 Å². The van der Waals surface area contributed by atoms with Crippen LogP contribution in [0.25, 0.3) is 21.9 Å². The Morgan fingerprint density at radius 2 is 1.07 bits per heavy atom. The molecule has 0 bridgehead atoms. The Bertz CT molecular complexity index is 1050. The summed E-state index contributed by atoms with van der Waals surface area (Å²) in [6.07, 6.45) is 10.4. The topological polar surface area (TPSA) is 0 Å². The highest BCUT2D eigenvalue weighted by Crippen LogP contribution is 2.28. The molecule has 0 saturated carbocycles. The smallest absolute Gasteiger partial charge is 0.0152 e. The lowest BCUT2D eigenvalue weighted by atomic mass is 9.94. The van der Waals surface area contributed by atoms with E-state index in [9.17, 15) is 0 Å². The van der Waals surface area contributed by atoms with E-state index >= 15 is 0 Å². The first-order chi connectivity index (χ1) is 14.9. The molecule has 0 heterocycles. The van der Waals surface area contributed by atoms with Crippen molar-refractivity contribution in [3.63, 3.8) is 0 Å². The molecule has 0 aromatic heterocycles. The summed E-state index contributed by atoms with van der Waals surface area (Å²) < 4.78 is 0. The lowest BCUT2D eigenvalue weighted by Crippen LogP contribution is -1.91. The second kappa shape index (κ2) is 10.8. The van der Waals surface area contributed by atoms with Crippen LogP contribution in [0.3, 0.4) is 0 Å². The minimum Gasteiger partial charge on any atom is -0.0622 e. The van der Waals surface area contributed by atoms with E-state index in [-0.39, 0.29) is 0 Å². The van der Waals surface area contributed by atoms with Gasteiger partial charge in [0.1, 0.15) is 0 Å². The van der Waals surface area contributed by atoms with Gasteiger partial charge in [0.05, 0.1) is 0 Å². The first kappa shape index (κ1) is 20.4. The fourth-order valence-electron chi connectivity index (χ4n) is 4.37. The Morgan fingerprint density at radius 1 is 0.433 bits per heavy atom. The second-order valence-electron chi connectivity index (χ2n) is 8.33. The zero-order valence-corrected chi connectivity index (χ0v) is 17.9. The molecule has 0 radical (unpaired) electrons. The Morgan fingerprint density at radius 3 is 1.90 bits per heavy atom. The van der Waals surface area contributed by atoms with Crippen molar-refractivity contribution >= 4 is 10.8 Å². The van der Waals surface area contributed by atoms with Crippen LogP contribution in [0.15, 0.2) is 97.1 Å². The van der Waals surface area contributed by atoms with Gasteiger partial charge in [-0.15, -0.1) is 0 Å². The molecule has 0 fully saturated rings. The lowest BCUT2D eigenvalue weighted by Gasteiger charge is -2.11. The molecule has 0 N–H and O–H groups in total. The summed E-state index contributed by atoms with van der Waals surface area (Å²) in [6, 6.07) is 35.3. The molecule has 0 aliphatic heterocycles. The Kier molecular flexibility index (Phi) is 7.34. The summed E-state index contributed by atoms with van der Waals surface area (Å²) in [6.45, 7) is 0. The van der Waals surface area contributed by atoms with Crippen LogP contribution in [-0.2, 0) is 12.8 Å². The third-order valence-electron chi connectivity index (χ3n) is 6.08. The van der Waals surface area contributed by atoms with Crippen LogP contribution in [-0.4, -0.2) is 0 Å². The second-order valence-corrected chi connectivity index (χ2v) is 8.33. The van der Waals surface area contributed by atoms with Crippen LogP contribution in [0, 0.1) is 0 Å². The molecule has 4 rings (SSSR count). The van der Waals surface area contributed by atoms with Crippen molar-refractivity contribution in [2.75, 3.05) is 0 Å². The minimum absolute atomic E-state index is 1.17. The zero-order chi connectivity index (χ0) is 20.4. The molecule has 0 unspecified atom stereocenters. The summed E-state index contributed by atoms with van der Waals surface area (Å²) in [4.78, 5) is 0. The number of benzene rings is 4. The first-order valence-electron chi connectivity index (χ1n) is 11.5. The molecule has 0 saturated heterocycles. The highest BCUT2D eigenvalue weighted by Gasteiger charge is 2.05. The van der Waals surface area contributed by atoms with Gasteiger partial charge in [0, 0.05) is 0 Å². The predicted octanol–water partition coefficient (Wildman–Crippen LogP) is 8.63. The molecule has 4 aromatic carbocycles. The van der Waals surface area contributed by atoms with Gasteiger partial charge in [-0.25, -0.2) is 0 Å². The van der Waals surface area contributed by atoms with Crippen molar-refractivity contribution in [2.24, 2.45) is 0 Å². The van der Waals surface area contributed by atoms with E-state index in [4.69, 9.17) is 0 Å². The number of rotatable bonds is 10. The molecular weight excluding hydrogens is 360 g/mol. The van der Waals surface area contributed by atoms with Gasteiger partial charge in [0.15, 0.2) is 0 Å². The maximum absolute atomic E-state index is 2.33. The highest BCUT2D eigenvalue weighted by molar-refractivity contribution is 5.87. The Labute approximate surface area is 181 Å². The Hall–Kier alpha value is -2.86. The average molecular weight is 393 g/mol. The number of unbranched alkanes of at least 4 members (excludes halogenated alkanes) is 5. The summed E-state index contributed by atoms with van der Waals surface area (Å²) >= 11 is 0. The highest BCUT2D eigenvalue weighted by atomic mass is 14.1. The van der Waals surface area contributed by atoms with Crippen molar-refractivity contribution in [3.8, 4) is 11.1 Å². The fraction of sp³-hybridized carbons (Fsp3) is 0.267. The van der Waals surface area contributed by atoms with Crippen LogP contribution in [0.4, 0.5) is 0 Å². The molecule has 0 aliphatic carbocycles. The summed E-state index contributed by atoms with van der Waals surface area (Å²) in [5, 5.41) is 2.63. The number of aryl methyl sites for hydroxylation is 2. The quantitative estimate of drug-likeness (QED) is 0.237. The van der Waals surface area contributed by atoms with Crippen LogP contribution >= 0.6 is 0 Å². The summed E-state index contributed by atoms with van der Waals surface area (Å²) in [5.41, 5.74) is 5.69. The average Bonchev–Trinajstić information content (AvgIpc) is 2.81. The van der Waals surface area contributed by atoms with Crippen LogP contribution in [0.1, 0.15) is 49.7 Å². The largest absolute Gasteiger partial charge is 0.0622 e. The van der Waals surface area contributed by atoms with Gasteiger partial charge in [-0.3, -0.25) is 0 Å². The molecule has 0 atom stereocenters. The maximum atomic E-state index is 2.33. The molecule has 4 aromatic rings. The summed E-state index contributed by atoms with van der Waals surface area (Å²) in [5.74, 6) is 0. The van der Waals surface area contributed by atoms with E-state index in [0.29, 0.717) is 0 Å². The van der Waals surface area contributed by atoms with Crippen LogP contribution in [0.2, 0.25) is 0 Å². The predicted molar refractivity (Wildman–Crippen MR) is 131 cm³/mol. The lowest BCUT2D eigenvalue weighted by molar-refractivity contribution is 0.594. The third kappa shape index (κ3) is 5.60. The number of fused-ring (bicyclic) bond motifs is 1. The van der Waals surface area contributed by atoms with Crippen molar-refractivity contribution in [2.45, 2.75) is 51.4 Å². The molecule has 30 heavy (non-hydrogen) atoms.